The third kappa shape index (κ3) is 3.42. The van der Waals surface area contributed by atoms with Crippen molar-refractivity contribution in [1.29, 1.82) is 0 Å². The lowest BCUT2D eigenvalue weighted by Gasteiger charge is -2.26. The molecule has 5 heteroatoms. The molecule has 2 N–H and O–H groups in total. The van der Waals surface area contributed by atoms with Gasteiger partial charge >= 0.3 is 0 Å². The highest BCUT2D eigenvalue weighted by molar-refractivity contribution is 5.99. The summed E-state index contributed by atoms with van der Waals surface area (Å²) in [6.45, 7) is 4.99. The number of hydrogen-bond donors (Lipinski definition) is 1. The number of ether oxygens (including phenoxy) is 1. The number of aromatic nitrogens is 1. The normalized spacial score (nSPS) is 10.6. The summed E-state index contributed by atoms with van der Waals surface area (Å²) in [5, 5.41) is 0. The Morgan fingerprint density at radius 1 is 1.59 bits per heavy atom. The number of carbonyl (C=O) groups is 1. The average molecular weight is 237 g/mol. The molecule has 0 bridgehead atoms. The van der Waals surface area contributed by atoms with Crippen molar-refractivity contribution in [3.8, 4) is 0 Å². The number of nitrogens with two attached hydrogens (primary N) is 1. The van der Waals surface area contributed by atoms with Crippen LogP contribution in [0.25, 0.3) is 0 Å². The number of hydrogen-bond acceptors (Lipinski definition) is 4. The second-order valence-electron chi connectivity index (χ2n) is 4.05. The lowest BCUT2D eigenvalue weighted by Crippen LogP contribution is -2.39. The van der Waals surface area contributed by atoms with Crippen molar-refractivity contribution < 1.29 is 9.53 Å². The van der Waals surface area contributed by atoms with E-state index in [2.05, 4.69) is 4.98 Å². The van der Waals surface area contributed by atoms with E-state index in [1.54, 1.807) is 24.3 Å². The molecule has 0 saturated heterocycles. The Balaban J connectivity index is 2.88. The lowest BCUT2D eigenvalue weighted by molar-refractivity contribution is 0.0636. The molecule has 0 saturated carbocycles. The lowest BCUT2D eigenvalue weighted by atomic mass is 10.2. The molecular formula is C12H19N3O2. The number of carbonyl (C=O) groups excluding carboxylic acids is 1. The van der Waals surface area contributed by atoms with Crippen LogP contribution >= 0.6 is 0 Å². The maximum atomic E-state index is 12.3. The smallest absolute Gasteiger partial charge is 0.256 e. The van der Waals surface area contributed by atoms with Crippen molar-refractivity contribution in [1.82, 2.24) is 9.88 Å². The summed E-state index contributed by atoms with van der Waals surface area (Å²) in [6.07, 6.45) is 3.06. The van der Waals surface area contributed by atoms with Crippen LogP contribution in [0.2, 0.25) is 0 Å². The molecule has 0 aromatic carbocycles. The van der Waals surface area contributed by atoms with Gasteiger partial charge in [0.25, 0.3) is 5.91 Å². The highest BCUT2D eigenvalue weighted by Crippen LogP contribution is 2.13. The average Bonchev–Trinajstić information content (AvgIpc) is 2.29. The van der Waals surface area contributed by atoms with Crippen molar-refractivity contribution in [2.75, 3.05) is 26.0 Å². The Kier molecular flexibility index (Phi) is 4.90. The summed E-state index contributed by atoms with van der Waals surface area (Å²) in [5.74, 6) is -0.0862. The second kappa shape index (κ2) is 6.20. The minimum absolute atomic E-state index is 0.0862. The van der Waals surface area contributed by atoms with Gasteiger partial charge < -0.3 is 15.4 Å². The number of amides is 1. The standard InChI is InChI=1S/C12H19N3O2/c1-9(2)15(6-7-17-3)12(16)10-4-5-14-8-11(10)13/h4-5,8-9H,6-7,13H2,1-3H3. The van der Waals surface area contributed by atoms with Crippen molar-refractivity contribution in [3.05, 3.63) is 24.0 Å². The predicted molar refractivity (Wildman–Crippen MR) is 66.7 cm³/mol. The maximum Gasteiger partial charge on any atom is 0.256 e. The van der Waals surface area contributed by atoms with Gasteiger partial charge in [-0.2, -0.15) is 0 Å². The quantitative estimate of drug-likeness (QED) is 0.834. The highest BCUT2D eigenvalue weighted by atomic mass is 16.5. The van der Waals surface area contributed by atoms with Crippen LogP contribution < -0.4 is 5.73 Å². The molecule has 5 nitrogen and oxygen atoms in total. The first-order chi connectivity index (χ1) is 8.07. The SMILES string of the molecule is COCCN(C(=O)c1ccncc1N)C(C)C. The molecular weight excluding hydrogens is 218 g/mol. The van der Waals surface area contributed by atoms with Crippen LogP contribution in [0.15, 0.2) is 18.5 Å². The van der Waals surface area contributed by atoms with Crippen LogP contribution in [0.5, 0.6) is 0 Å². The van der Waals surface area contributed by atoms with Crippen molar-refractivity contribution in [2.24, 2.45) is 0 Å². The van der Waals surface area contributed by atoms with E-state index in [-0.39, 0.29) is 11.9 Å². The van der Waals surface area contributed by atoms with E-state index in [0.29, 0.717) is 24.4 Å². The van der Waals surface area contributed by atoms with E-state index >= 15 is 0 Å². The molecule has 0 atom stereocenters. The Morgan fingerprint density at radius 3 is 2.82 bits per heavy atom. The molecule has 1 heterocycles. The van der Waals surface area contributed by atoms with Crippen molar-refractivity contribution >= 4 is 11.6 Å². The molecule has 0 spiro atoms. The summed E-state index contributed by atoms with van der Waals surface area (Å²) >= 11 is 0. The monoisotopic (exact) mass is 237 g/mol. The molecule has 94 valence electrons. The van der Waals surface area contributed by atoms with Crippen molar-refractivity contribution in [2.45, 2.75) is 19.9 Å². The molecule has 1 aromatic heterocycles. The molecule has 0 aliphatic heterocycles. The van der Waals surface area contributed by atoms with Gasteiger partial charge in [0, 0.05) is 25.9 Å². The van der Waals surface area contributed by atoms with E-state index in [4.69, 9.17) is 10.5 Å². The zero-order valence-corrected chi connectivity index (χ0v) is 10.5. The molecule has 0 aliphatic rings. The summed E-state index contributed by atoms with van der Waals surface area (Å²) < 4.78 is 5.00. The minimum atomic E-state index is -0.0862. The van der Waals surface area contributed by atoms with Gasteiger partial charge in [-0.05, 0) is 19.9 Å². The zero-order valence-electron chi connectivity index (χ0n) is 10.5. The van der Waals surface area contributed by atoms with Gasteiger partial charge in [0.2, 0.25) is 0 Å². The van der Waals surface area contributed by atoms with Gasteiger partial charge in [0.1, 0.15) is 0 Å². The van der Waals surface area contributed by atoms with Crippen LogP contribution in [0, 0.1) is 0 Å². The molecule has 1 aromatic rings. The summed E-state index contributed by atoms with van der Waals surface area (Å²) in [6, 6.07) is 1.74. The van der Waals surface area contributed by atoms with Crippen molar-refractivity contribution in [3.63, 3.8) is 0 Å². The van der Waals surface area contributed by atoms with Crippen LogP contribution in [-0.2, 0) is 4.74 Å². The van der Waals surface area contributed by atoms with E-state index in [1.807, 2.05) is 13.8 Å². The molecule has 0 aliphatic carbocycles. The molecule has 1 amide bonds. The highest BCUT2D eigenvalue weighted by Gasteiger charge is 2.20. The predicted octanol–water partition coefficient (Wildman–Crippen LogP) is 1.16. The summed E-state index contributed by atoms with van der Waals surface area (Å²) in [7, 11) is 1.61. The molecule has 0 radical (unpaired) electrons. The van der Waals surface area contributed by atoms with Crippen LogP contribution in [0.4, 0.5) is 5.69 Å². The molecule has 0 fully saturated rings. The third-order valence-electron chi connectivity index (χ3n) is 2.50. The fraction of sp³-hybridized carbons (Fsp3) is 0.500. The zero-order chi connectivity index (χ0) is 12.8. The fourth-order valence-corrected chi connectivity index (χ4v) is 1.54. The first-order valence-corrected chi connectivity index (χ1v) is 5.57. The van der Waals surface area contributed by atoms with Gasteiger partial charge in [-0.25, -0.2) is 0 Å². The molecule has 0 unspecified atom stereocenters. The van der Waals surface area contributed by atoms with Crippen LogP contribution in [0.3, 0.4) is 0 Å². The van der Waals surface area contributed by atoms with Crippen LogP contribution in [-0.4, -0.2) is 42.1 Å². The maximum absolute atomic E-state index is 12.3. The summed E-state index contributed by atoms with van der Waals surface area (Å²) in [5.41, 5.74) is 6.64. The Hall–Kier alpha value is -1.62. The Bertz CT molecular complexity index is 380. The first-order valence-electron chi connectivity index (χ1n) is 5.57. The molecule has 17 heavy (non-hydrogen) atoms. The minimum Gasteiger partial charge on any atom is -0.397 e. The number of methoxy groups -OCH3 is 1. The number of nitrogen functional groups attached to an aromatic ring is 1. The third-order valence-corrected chi connectivity index (χ3v) is 2.50. The van der Waals surface area contributed by atoms with Gasteiger partial charge in [-0.3, -0.25) is 9.78 Å². The Morgan fingerprint density at radius 2 is 2.29 bits per heavy atom. The number of nitrogens with zero attached hydrogens (tertiary/aromatic N) is 2. The Labute approximate surface area is 102 Å². The van der Waals surface area contributed by atoms with E-state index in [0.717, 1.165) is 0 Å². The topological polar surface area (TPSA) is 68.5 Å². The first kappa shape index (κ1) is 13.4. The number of rotatable bonds is 5. The summed E-state index contributed by atoms with van der Waals surface area (Å²) in [4.78, 5) is 17.9. The van der Waals surface area contributed by atoms with Gasteiger partial charge in [0.05, 0.1) is 24.1 Å². The van der Waals surface area contributed by atoms with E-state index < -0.39 is 0 Å². The molecule has 1 rings (SSSR count). The number of pyridine rings is 1. The second-order valence-corrected chi connectivity index (χ2v) is 4.05. The van der Waals surface area contributed by atoms with Crippen LogP contribution in [0.1, 0.15) is 24.2 Å². The van der Waals surface area contributed by atoms with Gasteiger partial charge in [-0.1, -0.05) is 0 Å². The largest absolute Gasteiger partial charge is 0.397 e. The van der Waals surface area contributed by atoms with Gasteiger partial charge in [-0.15, -0.1) is 0 Å². The fourth-order valence-electron chi connectivity index (χ4n) is 1.54. The number of anilines is 1. The van der Waals surface area contributed by atoms with Gasteiger partial charge in [0.15, 0.2) is 0 Å². The van der Waals surface area contributed by atoms with E-state index in [9.17, 15) is 4.79 Å². The van der Waals surface area contributed by atoms with E-state index in [1.165, 1.54) is 6.20 Å².